The molecule has 0 bridgehead atoms. The van der Waals surface area contributed by atoms with Crippen LogP contribution in [0, 0.1) is 11.8 Å². The lowest BCUT2D eigenvalue weighted by atomic mass is 9.85. The number of rotatable bonds is 6. The molecule has 2 fully saturated rings. The number of hydrogen-bond acceptors (Lipinski definition) is 5. The van der Waals surface area contributed by atoms with Gasteiger partial charge in [0.1, 0.15) is 0 Å². The van der Waals surface area contributed by atoms with Crippen molar-refractivity contribution in [3.8, 4) is 0 Å². The van der Waals surface area contributed by atoms with E-state index in [9.17, 15) is 22.8 Å². The first-order valence-corrected chi connectivity index (χ1v) is 12.2. The zero-order valence-corrected chi connectivity index (χ0v) is 18.1. The van der Waals surface area contributed by atoms with Crippen molar-refractivity contribution in [3.63, 3.8) is 0 Å². The Bertz CT molecular complexity index is 970. The number of benzene rings is 1. The topological polar surface area (TPSA) is 104 Å². The Labute approximate surface area is 182 Å². The summed E-state index contributed by atoms with van der Waals surface area (Å²) in [5.41, 5.74) is 0.472. The van der Waals surface area contributed by atoms with E-state index in [1.54, 1.807) is 12.1 Å². The lowest BCUT2D eigenvalue weighted by molar-refractivity contribution is -0.140. The minimum Gasteiger partial charge on any atom is -0.326 e. The van der Waals surface area contributed by atoms with Gasteiger partial charge in [-0.1, -0.05) is 18.6 Å². The molecular weight excluding hydrogens is 418 g/mol. The van der Waals surface area contributed by atoms with Gasteiger partial charge in [0.25, 0.3) is 0 Å². The fraction of sp³-hybridized carbons (Fsp3) is 0.500. The predicted octanol–water partition coefficient (Wildman–Crippen LogP) is 2.14. The molecule has 1 aliphatic carbocycles. The van der Waals surface area contributed by atoms with Gasteiger partial charge in [0.05, 0.1) is 16.7 Å². The predicted molar refractivity (Wildman–Crippen MR) is 114 cm³/mol. The third-order valence-corrected chi connectivity index (χ3v) is 8.17. The summed E-state index contributed by atoms with van der Waals surface area (Å²) >= 11 is 0. The molecular formula is C22H27N3O5S. The summed E-state index contributed by atoms with van der Waals surface area (Å²) in [5, 5.41) is 2.71. The average molecular weight is 446 g/mol. The Morgan fingerprint density at radius 2 is 1.52 bits per heavy atom. The van der Waals surface area contributed by atoms with E-state index in [1.807, 2.05) is 12.2 Å². The van der Waals surface area contributed by atoms with E-state index < -0.39 is 10.0 Å². The molecule has 2 heterocycles. The smallest absolute Gasteiger partial charge is 0.243 e. The molecule has 0 unspecified atom stereocenters. The zero-order valence-electron chi connectivity index (χ0n) is 17.3. The highest BCUT2D eigenvalue weighted by molar-refractivity contribution is 7.89. The van der Waals surface area contributed by atoms with Crippen LogP contribution in [-0.4, -0.2) is 55.0 Å². The molecule has 0 aromatic heterocycles. The second-order valence-corrected chi connectivity index (χ2v) is 10.2. The molecule has 3 amide bonds. The molecule has 0 spiro atoms. The largest absolute Gasteiger partial charge is 0.326 e. The van der Waals surface area contributed by atoms with Crippen molar-refractivity contribution in [2.45, 2.75) is 43.4 Å². The Hall–Kier alpha value is -2.52. The van der Waals surface area contributed by atoms with Gasteiger partial charge in [-0.2, -0.15) is 4.31 Å². The highest BCUT2D eigenvalue weighted by Gasteiger charge is 2.46. The molecule has 1 N–H and O–H groups in total. The Morgan fingerprint density at radius 3 is 2.10 bits per heavy atom. The molecule has 2 atom stereocenters. The molecule has 166 valence electrons. The van der Waals surface area contributed by atoms with Gasteiger partial charge in [-0.05, 0) is 49.9 Å². The van der Waals surface area contributed by atoms with E-state index in [4.69, 9.17) is 0 Å². The van der Waals surface area contributed by atoms with Gasteiger partial charge >= 0.3 is 0 Å². The number of sulfonamides is 1. The summed E-state index contributed by atoms with van der Waals surface area (Å²) in [5.74, 6) is -1.32. The third-order valence-electron chi connectivity index (χ3n) is 6.25. The number of carbonyl (C=O) groups excluding carboxylic acids is 3. The Balaban J connectivity index is 1.32. The van der Waals surface area contributed by atoms with Crippen LogP contribution in [0.1, 0.15) is 38.5 Å². The number of nitrogens with zero attached hydrogens (tertiary/aromatic N) is 2. The zero-order chi connectivity index (χ0) is 22.0. The maximum Gasteiger partial charge on any atom is 0.243 e. The number of allylic oxidation sites excluding steroid dienone is 2. The molecule has 8 nitrogen and oxygen atoms in total. The quantitative estimate of drug-likeness (QED) is 0.534. The average Bonchev–Trinajstić information content (AvgIpc) is 3.03. The lowest BCUT2D eigenvalue weighted by Gasteiger charge is -2.25. The summed E-state index contributed by atoms with van der Waals surface area (Å²) < 4.78 is 26.9. The van der Waals surface area contributed by atoms with E-state index in [-0.39, 0.29) is 47.4 Å². The van der Waals surface area contributed by atoms with E-state index in [0.717, 1.165) is 19.3 Å². The van der Waals surface area contributed by atoms with Crippen molar-refractivity contribution >= 4 is 33.4 Å². The van der Waals surface area contributed by atoms with Gasteiger partial charge in [-0.15, -0.1) is 0 Å². The van der Waals surface area contributed by atoms with Crippen molar-refractivity contribution in [1.29, 1.82) is 0 Å². The van der Waals surface area contributed by atoms with Crippen LogP contribution in [0.3, 0.4) is 0 Å². The van der Waals surface area contributed by atoms with Gasteiger partial charge in [0, 0.05) is 31.7 Å². The number of anilines is 1. The van der Waals surface area contributed by atoms with Crippen LogP contribution in [0.5, 0.6) is 0 Å². The highest BCUT2D eigenvalue weighted by atomic mass is 32.2. The third kappa shape index (κ3) is 4.43. The van der Waals surface area contributed by atoms with Crippen LogP contribution >= 0.6 is 0 Å². The van der Waals surface area contributed by atoms with Crippen molar-refractivity contribution in [2.24, 2.45) is 11.8 Å². The van der Waals surface area contributed by atoms with Crippen LogP contribution in [0.4, 0.5) is 5.69 Å². The molecule has 1 aromatic carbocycles. The van der Waals surface area contributed by atoms with Crippen LogP contribution < -0.4 is 5.32 Å². The van der Waals surface area contributed by atoms with Crippen LogP contribution in [0.2, 0.25) is 0 Å². The second-order valence-electron chi connectivity index (χ2n) is 8.27. The molecule has 3 aliphatic rings. The van der Waals surface area contributed by atoms with Gasteiger partial charge in [-0.3, -0.25) is 19.3 Å². The first kappa shape index (κ1) is 21.7. The first-order chi connectivity index (χ1) is 14.9. The van der Waals surface area contributed by atoms with Gasteiger partial charge < -0.3 is 5.32 Å². The van der Waals surface area contributed by atoms with Crippen molar-refractivity contribution in [2.75, 3.05) is 25.0 Å². The standard InChI is InChI=1S/C22H27N3O5S/c26-20(12-15-25-21(27)18-6-2-3-7-19(18)22(25)28)23-16-8-10-17(11-9-16)31(29,30)24-13-4-1-5-14-24/h2-3,8-11,18-19H,1,4-7,12-15H2,(H,23,26)/t18-,19-/m1/s1. The SMILES string of the molecule is O=C(CCN1C(=O)[C@@H]2CC=CC[C@H]2C1=O)Nc1ccc(S(=O)(=O)N2CCCCC2)cc1. The van der Waals surface area contributed by atoms with Gasteiger partial charge in [0.15, 0.2) is 0 Å². The Morgan fingerprint density at radius 1 is 0.935 bits per heavy atom. The lowest BCUT2D eigenvalue weighted by Crippen LogP contribution is -2.35. The minimum absolute atomic E-state index is 0.00181. The summed E-state index contributed by atoms with van der Waals surface area (Å²) in [6, 6.07) is 6.10. The summed E-state index contributed by atoms with van der Waals surface area (Å²) in [7, 11) is -3.52. The maximum absolute atomic E-state index is 12.7. The number of fused-ring (bicyclic) bond motifs is 1. The number of amides is 3. The number of imide groups is 1. The number of nitrogens with one attached hydrogen (secondary N) is 1. The minimum atomic E-state index is -3.52. The number of hydrogen-bond donors (Lipinski definition) is 1. The number of piperidine rings is 1. The van der Waals surface area contributed by atoms with E-state index >= 15 is 0 Å². The summed E-state index contributed by atoms with van der Waals surface area (Å²) in [4.78, 5) is 38.7. The first-order valence-electron chi connectivity index (χ1n) is 10.8. The second kappa shape index (κ2) is 8.92. The number of likely N-dealkylation sites (tertiary alicyclic amines) is 1. The molecule has 31 heavy (non-hydrogen) atoms. The van der Waals surface area contributed by atoms with Crippen LogP contribution in [-0.2, 0) is 24.4 Å². The van der Waals surface area contributed by atoms with E-state index in [2.05, 4.69) is 5.32 Å². The van der Waals surface area contributed by atoms with Crippen molar-refractivity contribution < 1.29 is 22.8 Å². The fourth-order valence-electron chi connectivity index (χ4n) is 4.49. The summed E-state index contributed by atoms with van der Waals surface area (Å²) in [6.07, 6.45) is 7.79. The number of carbonyl (C=O) groups is 3. The molecule has 1 aromatic rings. The molecule has 2 saturated heterocycles. The van der Waals surface area contributed by atoms with Crippen LogP contribution in [0.25, 0.3) is 0 Å². The molecule has 4 rings (SSSR count). The molecule has 0 saturated carbocycles. The highest BCUT2D eigenvalue weighted by Crippen LogP contribution is 2.35. The van der Waals surface area contributed by atoms with Crippen molar-refractivity contribution in [3.05, 3.63) is 36.4 Å². The van der Waals surface area contributed by atoms with E-state index in [1.165, 1.54) is 21.3 Å². The van der Waals surface area contributed by atoms with Crippen LogP contribution in [0.15, 0.2) is 41.3 Å². The van der Waals surface area contributed by atoms with E-state index in [0.29, 0.717) is 31.6 Å². The summed E-state index contributed by atoms with van der Waals surface area (Å²) in [6.45, 7) is 1.12. The Kier molecular flexibility index (Phi) is 6.24. The van der Waals surface area contributed by atoms with Gasteiger partial charge in [0.2, 0.25) is 27.7 Å². The molecule has 2 aliphatic heterocycles. The molecule has 9 heteroatoms. The van der Waals surface area contributed by atoms with Crippen molar-refractivity contribution in [1.82, 2.24) is 9.21 Å². The monoisotopic (exact) mass is 445 g/mol. The van der Waals surface area contributed by atoms with Gasteiger partial charge in [-0.25, -0.2) is 8.42 Å². The maximum atomic E-state index is 12.7. The fourth-order valence-corrected chi connectivity index (χ4v) is 6.01. The normalized spacial score (nSPS) is 24.3. The molecule has 0 radical (unpaired) electrons.